The number of alkyl carbamates (subject to hydrolysis) is 1. The zero-order valence-electron chi connectivity index (χ0n) is 10.8. The normalized spacial score (nSPS) is 16.1. The standard InChI is InChI=1S/C13H13NO5S/c1-2-14-13(16)19-7-9-8-20(17,18)11-6-4-3-5-10(11)12(9)15/h3-6,8H,2,7H2,1H3,(H,14,16). The van der Waals surface area contributed by atoms with Crippen molar-refractivity contribution in [1.82, 2.24) is 5.32 Å². The molecule has 106 valence electrons. The number of hydrogen-bond acceptors (Lipinski definition) is 5. The van der Waals surface area contributed by atoms with Crippen LogP contribution in [0.4, 0.5) is 4.79 Å². The van der Waals surface area contributed by atoms with E-state index in [0.717, 1.165) is 5.41 Å². The third-order valence-electron chi connectivity index (χ3n) is 2.71. The molecule has 0 aromatic heterocycles. The van der Waals surface area contributed by atoms with Crippen LogP contribution in [0, 0.1) is 0 Å². The van der Waals surface area contributed by atoms with Gasteiger partial charge in [-0.2, -0.15) is 0 Å². The zero-order valence-corrected chi connectivity index (χ0v) is 11.6. The van der Waals surface area contributed by atoms with Crippen molar-refractivity contribution in [2.24, 2.45) is 0 Å². The lowest BCUT2D eigenvalue weighted by molar-refractivity contribution is 0.100. The van der Waals surface area contributed by atoms with E-state index < -0.39 is 21.7 Å². The summed E-state index contributed by atoms with van der Waals surface area (Å²) in [6, 6.07) is 5.95. The summed E-state index contributed by atoms with van der Waals surface area (Å²) in [6.07, 6.45) is -0.697. The third-order valence-corrected chi connectivity index (χ3v) is 4.27. The van der Waals surface area contributed by atoms with Crippen molar-refractivity contribution in [3.8, 4) is 0 Å². The van der Waals surface area contributed by atoms with Crippen LogP contribution in [0.1, 0.15) is 17.3 Å². The molecule has 1 aliphatic rings. The van der Waals surface area contributed by atoms with Gasteiger partial charge in [0.1, 0.15) is 6.61 Å². The number of rotatable bonds is 3. The molecule has 0 radical (unpaired) electrons. The summed E-state index contributed by atoms with van der Waals surface area (Å²) >= 11 is 0. The second-order valence-electron chi connectivity index (χ2n) is 4.12. The van der Waals surface area contributed by atoms with Crippen LogP contribution in [0.3, 0.4) is 0 Å². The van der Waals surface area contributed by atoms with Crippen molar-refractivity contribution in [2.45, 2.75) is 11.8 Å². The Morgan fingerprint density at radius 3 is 2.70 bits per heavy atom. The molecule has 0 unspecified atom stereocenters. The Morgan fingerprint density at radius 1 is 1.30 bits per heavy atom. The number of sulfone groups is 1. The highest BCUT2D eigenvalue weighted by molar-refractivity contribution is 7.94. The molecular formula is C13H13NO5S. The summed E-state index contributed by atoms with van der Waals surface area (Å²) in [5, 5.41) is 3.25. The molecule has 1 N–H and O–H groups in total. The lowest BCUT2D eigenvalue weighted by Gasteiger charge is -2.15. The van der Waals surface area contributed by atoms with Crippen LogP contribution in [-0.2, 0) is 14.6 Å². The SMILES string of the molecule is CCNC(=O)OCC1=CS(=O)(=O)c2ccccc2C1=O. The van der Waals surface area contributed by atoms with E-state index in [4.69, 9.17) is 4.74 Å². The lowest BCUT2D eigenvalue weighted by Crippen LogP contribution is -2.27. The maximum absolute atomic E-state index is 12.1. The third kappa shape index (κ3) is 2.72. The summed E-state index contributed by atoms with van der Waals surface area (Å²) in [7, 11) is -3.68. The van der Waals surface area contributed by atoms with E-state index >= 15 is 0 Å². The molecule has 0 bridgehead atoms. The average molecular weight is 295 g/mol. The summed E-state index contributed by atoms with van der Waals surface area (Å²) in [4.78, 5) is 23.3. The Kier molecular flexibility index (Phi) is 3.89. The van der Waals surface area contributed by atoms with Gasteiger partial charge in [-0.05, 0) is 19.1 Å². The molecule has 0 saturated heterocycles. The molecule has 0 fully saturated rings. The molecule has 1 amide bonds. The Morgan fingerprint density at radius 2 is 2.00 bits per heavy atom. The molecule has 0 saturated carbocycles. The minimum atomic E-state index is -3.68. The first-order valence-corrected chi connectivity index (χ1v) is 7.50. The molecule has 1 aromatic carbocycles. The van der Waals surface area contributed by atoms with Crippen molar-refractivity contribution in [3.05, 3.63) is 40.8 Å². The smallest absolute Gasteiger partial charge is 0.407 e. The molecule has 0 atom stereocenters. The van der Waals surface area contributed by atoms with Gasteiger partial charge in [-0.25, -0.2) is 13.2 Å². The van der Waals surface area contributed by atoms with Gasteiger partial charge in [0.2, 0.25) is 9.84 Å². The van der Waals surface area contributed by atoms with Gasteiger partial charge in [0, 0.05) is 23.1 Å². The van der Waals surface area contributed by atoms with Crippen LogP contribution in [0.15, 0.2) is 40.1 Å². The van der Waals surface area contributed by atoms with Crippen LogP contribution in [0.25, 0.3) is 0 Å². The first-order valence-electron chi connectivity index (χ1n) is 5.95. The van der Waals surface area contributed by atoms with E-state index in [-0.39, 0.29) is 22.6 Å². The monoisotopic (exact) mass is 295 g/mol. The Balaban J connectivity index is 2.27. The number of ether oxygens (including phenoxy) is 1. The lowest BCUT2D eigenvalue weighted by atomic mass is 10.1. The van der Waals surface area contributed by atoms with Gasteiger partial charge in [-0.3, -0.25) is 4.79 Å². The fourth-order valence-electron chi connectivity index (χ4n) is 1.82. The van der Waals surface area contributed by atoms with Crippen molar-refractivity contribution < 1.29 is 22.7 Å². The van der Waals surface area contributed by atoms with Gasteiger partial charge in [0.25, 0.3) is 0 Å². The predicted octanol–water partition coefficient (Wildman–Crippen LogP) is 1.29. The highest BCUT2D eigenvalue weighted by Crippen LogP contribution is 2.27. The number of fused-ring (bicyclic) bond motifs is 1. The molecule has 7 heteroatoms. The summed E-state index contributed by atoms with van der Waals surface area (Å²) in [6.45, 7) is 1.72. The molecule has 0 spiro atoms. The quantitative estimate of drug-likeness (QED) is 0.907. The van der Waals surface area contributed by atoms with Gasteiger partial charge < -0.3 is 10.1 Å². The van der Waals surface area contributed by atoms with Crippen molar-refractivity contribution in [1.29, 1.82) is 0 Å². The number of carbonyl (C=O) groups excluding carboxylic acids is 2. The van der Waals surface area contributed by atoms with E-state index in [1.807, 2.05) is 0 Å². The number of amides is 1. The van der Waals surface area contributed by atoms with Crippen LogP contribution < -0.4 is 5.32 Å². The van der Waals surface area contributed by atoms with Crippen molar-refractivity contribution in [3.63, 3.8) is 0 Å². The highest BCUT2D eigenvalue weighted by atomic mass is 32.2. The van der Waals surface area contributed by atoms with Crippen LogP contribution in [0.2, 0.25) is 0 Å². The molecule has 20 heavy (non-hydrogen) atoms. The van der Waals surface area contributed by atoms with Gasteiger partial charge in [0.15, 0.2) is 5.78 Å². The van der Waals surface area contributed by atoms with Gasteiger partial charge in [-0.15, -0.1) is 0 Å². The Labute approximate surface area is 116 Å². The molecular weight excluding hydrogens is 282 g/mol. The predicted molar refractivity (Wildman–Crippen MR) is 71.1 cm³/mol. The number of ketones is 1. The minimum Gasteiger partial charge on any atom is -0.445 e. The van der Waals surface area contributed by atoms with E-state index in [0.29, 0.717) is 6.54 Å². The van der Waals surface area contributed by atoms with Gasteiger partial charge in [0.05, 0.1) is 4.90 Å². The number of carbonyl (C=O) groups is 2. The topological polar surface area (TPSA) is 89.5 Å². The van der Waals surface area contributed by atoms with Crippen LogP contribution in [-0.4, -0.2) is 33.4 Å². The molecule has 1 aliphatic heterocycles. The first kappa shape index (κ1) is 14.3. The number of Topliss-reactive ketones (excluding diaryl/α,β-unsaturated/α-hetero) is 1. The number of nitrogens with one attached hydrogen (secondary N) is 1. The second-order valence-corrected chi connectivity index (χ2v) is 5.89. The van der Waals surface area contributed by atoms with E-state index in [2.05, 4.69) is 5.32 Å². The van der Waals surface area contributed by atoms with E-state index in [1.54, 1.807) is 19.1 Å². The molecule has 1 aromatic rings. The largest absolute Gasteiger partial charge is 0.445 e. The van der Waals surface area contributed by atoms with E-state index in [9.17, 15) is 18.0 Å². The van der Waals surface area contributed by atoms with Crippen molar-refractivity contribution >= 4 is 21.7 Å². The summed E-state index contributed by atoms with van der Waals surface area (Å²) in [5.74, 6) is -0.445. The minimum absolute atomic E-state index is 0.0215. The fourth-order valence-corrected chi connectivity index (χ4v) is 3.23. The summed E-state index contributed by atoms with van der Waals surface area (Å²) < 4.78 is 28.8. The second kappa shape index (κ2) is 5.46. The number of hydrogen-bond donors (Lipinski definition) is 1. The fraction of sp³-hybridized carbons (Fsp3) is 0.231. The molecule has 0 aliphatic carbocycles. The first-order chi connectivity index (χ1) is 9.45. The maximum Gasteiger partial charge on any atom is 0.407 e. The molecule has 2 rings (SSSR count). The zero-order chi connectivity index (χ0) is 14.8. The number of benzene rings is 1. The Bertz CT molecular complexity index is 690. The van der Waals surface area contributed by atoms with Crippen molar-refractivity contribution in [2.75, 3.05) is 13.2 Å². The Hall–Kier alpha value is -2.15. The van der Waals surface area contributed by atoms with Gasteiger partial charge >= 0.3 is 6.09 Å². The van der Waals surface area contributed by atoms with Gasteiger partial charge in [-0.1, -0.05) is 12.1 Å². The van der Waals surface area contributed by atoms with Crippen LogP contribution in [0.5, 0.6) is 0 Å². The molecule has 6 nitrogen and oxygen atoms in total. The molecule has 1 heterocycles. The average Bonchev–Trinajstić information content (AvgIpc) is 2.42. The summed E-state index contributed by atoms with van der Waals surface area (Å²) in [5.41, 5.74) is 0.0412. The van der Waals surface area contributed by atoms with E-state index in [1.165, 1.54) is 12.1 Å². The highest BCUT2D eigenvalue weighted by Gasteiger charge is 2.29. The van der Waals surface area contributed by atoms with Crippen LogP contribution >= 0.6 is 0 Å². The maximum atomic E-state index is 12.1.